The van der Waals surface area contributed by atoms with Gasteiger partial charge in [-0.05, 0) is 83.5 Å². The molecule has 1 amide bonds. The predicted molar refractivity (Wildman–Crippen MR) is 296 cm³/mol. The fourth-order valence-electron chi connectivity index (χ4n) is 9.21. The smallest absolute Gasteiger partial charge is 0.305 e. The van der Waals surface area contributed by atoms with Crippen molar-refractivity contribution in [3.05, 3.63) is 36.5 Å². The third kappa shape index (κ3) is 53.4. The molecule has 400 valence electrons. The van der Waals surface area contributed by atoms with Gasteiger partial charge in [-0.3, -0.25) is 9.59 Å². The van der Waals surface area contributed by atoms with Crippen LogP contribution in [0.3, 0.4) is 0 Å². The third-order valence-electron chi connectivity index (χ3n) is 13.9. The van der Waals surface area contributed by atoms with E-state index in [2.05, 4.69) is 43.5 Å². The maximum Gasteiger partial charge on any atom is 0.305 e. The van der Waals surface area contributed by atoms with Gasteiger partial charge in [-0.1, -0.05) is 262 Å². The number of aliphatic hydroxyl groups is 2. The molecule has 0 bridgehead atoms. The molecule has 0 spiro atoms. The fourth-order valence-corrected chi connectivity index (χ4v) is 9.21. The molecule has 0 rings (SSSR count). The summed E-state index contributed by atoms with van der Waals surface area (Å²) in [6, 6.07) is -0.631. The Hall–Kier alpha value is -1.92. The van der Waals surface area contributed by atoms with Crippen molar-refractivity contribution >= 4 is 11.9 Å². The lowest BCUT2D eigenvalue weighted by molar-refractivity contribution is -0.143. The molecule has 0 aliphatic heterocycles. The van der Waals surface area contributed by atoms with Crippen LogP contribution in [0.4, 0.5) is 0 Å². The van der Waals surface area contributed by atoms with Gasteiger partial charge in [-0.2, -0.15) is 0 Å². The first kappa shape index (κ1) is 66.1. The number of allylic oxidation sites excluding steroid dienone is 5. The van der Waals surface area contributed by atoms with E-state index in [-0.39, 0.29) is 18.5 Å². The minimum Gasteiger partial charge on any atom is -0.466 e. The van der Waals surface area contributed by atoms with E-state index in [4.69, 9.17) is 4.74 Å². The second-order valence-electron chi connectivity index (χ2n) is 20.7. The Morgan fingerprint density at radius 2 is 0.691 bits per heavy atom. The molecule has 0 radical (unpaired) electrons. The molecule has 2 unspecified atom stereocenters. The highest BCUT2D eigenvalue weighted by Gasteiger charge is 2.18. The number of carbonyl (C=O) groups excluding carboxylic acids is 2. The van der Waals surface area contributed by atoms with Gasteiger partial charge in [-0.15, -0.1) is 0 Å². The minimum atomic E-state index is -0.847. The van der Waals surface area contributed by atoms with E-state index in [0.717, 1.165) is 51.4 Å². The minimum absolute atomic E-state index is 0.00743. The van der Waals surface area contributed by atoms with E-state index in [1.54, 1.807) is 6.08 Å². The van der Waals surface area contributed by atoms with Gasteiger partial charge in [0.1, 0.15) is 0 Å². The van der Waals surface area contributed by atoms with E-state index in [9.17, 15) is 19.8 Å². The zero-order chi connectivity index (χ0) is 49.3. The SMILES string of the molecule is CCCCCCCC/C=C\CCCCCCCCCC(=O)OCCCCCCCCCCCCCC/C=C\CCCCCCCCCC(=O)NC(CO)C(O)/C=C/CCCCCCCCCCC. The highest BCUT2D eigenvalue weighted by Crippen LogP contribution is 2.16. The average Bonchev–Trinajstić information content (AvgIpc) is 3.34. The van der Waals surface area contributed by atoms with Crippen LogP contribution in [0.15, 0.2) is 36.5 Å². The molecule has 0 saturated carbocycles. The van der Waals surface area contributed by atoms with Gasteiger partial charge in [0.15, 0.2) is 0 Å². The summed E-state index contributed by atoms with van der Waals surface area (Å²) in [6.45, 7) is 4.89. The monoisotopic (exact) mass is 956 g/mol. The molecule has 0 fully saturated rings. The first-order valence-electron chi connectivity index (χ1n) is 30.3. The molecule has 0 aromatic heterocycles. The lowest BCUT2D eigenvalue weighted by atomic mass is 10.0. The Bertz CT molecular complexity index is 1100. The van der Waals surface area contributed by atoms with Gasteiger partial charge < -0.3 is 20.3 Å². The highest BCUT2D eigenvalue weighted by atomic mass is 16.5. The molecular formula is C62H117NO5. The molecule has 2 atom stereocenters. The summed E-state index contributed by atoms with van der Waals surface area (Å²) in [6.07, 6.45) is 71.8. The van der Waals surface area contributed by atoms with Crippen LogP contribution >= 0.6 is 0 Å². The first-order chi connectivity index (χ1) is 33.5. The van der Waals surface area contributed by atoms with Crippen LogP contribution in [-0.4, -0.2) is 47.4 Å². The summed E-state index contributed by atoms with van der Waals surface area (Å²) in [5, 5.41) is 23.0. The Labute approximate surface area is 424 Å². The average molecular weight is 957 g/mol. The predicted octanol–water partition coefficient (Wildman–Crippen LogP) is 18.8. The lowest BCUT2D eigenvalue weighted by Crippen LogP contribution is -2.45. The van der Waals surface area contributed by atoms with Gasteiger partial charge >= 0.3 is 5.97 Å². The zero-order valence-corrected chi connectivity index (χ0v) is 45.6. The quantitative estimate of drug-likeness (QED) is 0.0321. The van der Waals surface area contributed by atoms with Crippen LogP contribution in [0.2, 0.25) is 0 Å². The van der Waals surface area contributed by atoms with E-state index in [1.807, 2.05) is 6.08 Å². The van der Waals surface area contributed by atoms with Gasteiger partial charge in [0.2, 0.25) is 5.91 Å². The second-order valence-corrected chi connectivity index (χ2v) is 20.7. The molecule has 0 aliphatic carbocycles. The van der Waals surface area contributed by atoms with Crippen LogP contribution in [-0.2, 0) is 14.3 Å². The van der Waals surface area contributed by atoms with Crippen molar-refractivity contribution in [2.45, 2.75) is 334 Å². The van der Waals surface area contributed by atoms with Crippen molar-refractivity contribution in [2.24, 2.45) is 0 Å². The first-order valence-corrected chi connectivity index (χ1v) is 30.3. The molecule has 6 heteroatoms. The van der Waals surface area contributed by atoms with E-state index in [0.29, 0.717) is 19.4 Å². The number of unbranched alkanes of at least 4 members (excludes halogenated alkanes) is 41. The van der Waals surface area contributed by atoms with Crippen molar-refractivity contribution in [1.82, 2.24) is 5.32 Å². The van der Waals surface area contributed by atoms with Gasteiger partial charge in [0.05, 0.1) is 25.4 Å². The zero-order valence-electron chi connectivity index (χ0n) is 45.6. The maximum absolute atomic E-state index is 12.4. The lowest BCUT2D eigenvalue weighted by Gasteiger charge is -2.20. The van der Waals surface area contributed by atoms with Crippen LogP contribution in [0.1, 0.15) is 322 Å². The van der Waals surface area contributed by atoms with Crippen LogP contribution in [0.5, 0.6) is 0 Å². The molecule has 0 heterocycles. The van der Waals surface area contributed by atoms with Crippen molar-refractivity contribution in [3.63, 3.8) is 0 Å². The van der Waals surface area contributed by atoms with Gasteiger partial charge in [0, 0.05) is 12.8 Å². The Balaban J connectivity index is 3.40. The normalized spacial score (nSPS) is 12.8. The molecule has 68 heavy (non-hydrogen) atoms. The standard InChI is InChI=1S/C62H117NO5/c1-3-5-7-9-11-13-15-16-17-25-29-32-36-40-44-48-52-56-62(67)68-57-53-49-45-41-37-33-30-27-24-22-20-18-19-21-23-26-28-31-35-39-43-47-51-55-61(66)63-59(58-64)60(65)54-50-46-42-38-34-14-12-10-8-6-4-2/h16-17,21,23,50,54,59-60,64-65H,3-15,18-20,22,24-49,51-53,55-58H2,1-2H3,(H,63,66)/b17-16-,23-21-,54-50+. The molecule has 0 aromatic rings. The largest absolute Gasteiger partial charge is 0.466 e. The molecule has 6 nitrogen and oxygen atoms in total. The van der Waals surface area contributed by atoms with Crippen molar-refractivity contribution in [1.29, 1.82) is 0 Å². The number of aliphatic hydroxyl groups excluding tert-OH is 2. The van der Waals surface area contributed by atoms with Crippen molar-refractivity contribution in [3.8, 4) is 0 Å². The number of esters is 1. The van der Waals surface area contributed by atoms with Crippen molar-refractivity contribution in [2.75, 3.05) is 13.2 Å². The van der Waals surface area contributed by atoms with E-state index in [1.165, 1.54) is 244 Å². The Kier molecular flexibility index (Phi) is 56.0. The van der Waals surface area contributed by atoms with Crippen LogP contribution in [0, 0.1) is 0 Å². The van der Waals surface area contributed by atoms with Crippen LogP contribution < -0.4 is 5.32 Å². The molecule has 0 aromatic carbocycles. The van der Waals surface area contributed by atoms with E-state index < -0.39 is 12.1 Å². The second kappa shape index (κ2) is 57.7. The molecule has 3 N–H and O–H groups in total. The number of rotatable bonds is 56. The third-order valence-corrected chi connectivity index (χ3v) is 13.9. The van der Waals surface area contributed by atoms with Gasteiger partial charge in [-0.25, -0.2) is 0 Å². The van der Waals surface area contributed by atoms with Crippen molar-refractivity contribution < 1.29 is 24.5 Å². The number of hydrogen-bond acceptors (Lipinski definition) is 5. The summed E-state index contributed by atoms with van der Waals surface area (Å²) < 4.78 is 5.49. The summed E-state index contributed by atoms with van der Waals surface area (Å²) in [7, 11) is 0. The Morgan fingerprint density at radius 1 is 0.397 bits per heavy atom. The number of hydrogen-bond donors (Lipinski definition) is 3. The number of amides is 1. The van der Waals surface area contributed by atoms with E-state index >= 15 is 0 Å². The molecule has 0 saturated heterocycles. The summed E-state index contributed by atoms with van der Waals surface area (Å²) >= 11 is 0. The topological polar surface area (TPSA) is 95.9 Å². The number of nitrogens with one attached hydrogen (secondary N) is 1. The van der Waals surface area contributed by atoms with Crippen LogP contribution in [0.25, 0.3) is 0 Å². The number of carbonyl (C=O) groups is 2. The summed E-state index contributed by atoms with van der Waals surface area (Å²) in [5.74, 6) is -0.0680. The molecule has 0 aliphatic rings. The molecular weight excluding hydrogens is 839 g/mol. The maximum atomic E-state index is 12.4. The number of ether oxygens (including phenoxy) is 1. The summed E-state index contributed by atoms with van der Waals surface area (Å²) in [4.78, 5) is 24.5. The fraction of sp³-hybridized carbons (Fsp3) is 0.871. The summed E-state index contributed by atoms with van der Waals surface area (Å²) in [5.41, 5.74) is 0. The highest BCUT2D eigenvalue weighted by molar-refractivity contribution is 5.76. The Morgan fingerprint density at radius 3 is 1.04 bits per heavy atom. The van der Waals surface area contributed by atoms with Gasteiger partial charge in [0.25, 0.3) is 0 Å².